The summed E-state index contributed by atoms with van der Waals surface area (Å²) in [5, 5.41) is 3.35. The monoisotopic (exact) mass is 336 g/mol. The maximum absolute atomic E-state index is 11.9. The summed E-state index contributed by atoms with van der Waals surface area (Å²) < 4.78 is 5.79. The predicted molar refractivity (Wildman–Crippen MR) is 93.0 cm³/mol. The molecule has 2 aromatic carbocycles. The van der Waals surface area contributed by atoms with E-state index in [1.807, 2.05) is 30.3 Å². The summed E-state index contributed by atoms with van der Waals surface area (Å²) >= 11 is 7.49. The van der Waals surface area contributed by atoms with Crippen LogP contribution in [0.15, 0.2) is 48.5 Å². The lowest BCUT2D eigenvalue weighted by Gasteiger charge is -2.12. The summed E-state index contributed by atoms with van der Waals surface area (Å²) in [6.07, 6.45) is 0. The first kappa shape index (κ1) is 16.7. The molecule has 0 heterocycles. The predicted octanol–water partition coefficient (Wildman–Crippen LogP) is 3.76. The first-order valence-corrected chi connectivity index (χ1v) is 8.32. The molecular weight excluding hydrogens is 320 g/mol. The molecule has 3 N–H and O–H groups in total. The van der Waals surface area contributed by atoms with Gasteiger partial charge in [0.2, 0.25) is 5.91 Å². The molecule has 0 aliphatic carbocycles. The molecule has 6 heteroatoms. The molecular formula is C16H17ClN2O2S. The maximum atomic E-state index is 11.9. The number of amides is 1. The van der Waals surface area contributed by atoms with Crippen LogP contribution in [0.2, 0.25) is 5.02 Å². The highest BCUT2D eigenvalue weighted by Crippen LogP contribution is 2.32. The highest BCUT2D eigenvalue weighted by atomic mass is 35.5. The molecule has 2 aromatic rings. The Hall–Kier alpha value is -1.69. The number of nitrogens with two attached hydrogens (primary N) is 1. The molecule has 0 fully saturated rings. The molecule has 0 spiro atoms. The van der Waals surface area contributed by atoms with Crippen molar-refractivity contribution in [1.29, 1.82) is 0 Å². The van der Waals surface area contributed by atoms with Crippen LogP contribution in [-0.4, -0.2) is 24.0 Å². The van der Waals surface area contributed by atoms with Gasteiger partial charge in [-0.2, -0.15) is 11.8 Å². The molecule has 0 unspecified atom stereocenters. The van der Waals surface area contributed by atoms with Crippen LogP contribution in [0.25, 0.3) is 0 Å². The molecule has 0 bridgehead atoms. The Morgan fingerprint density at radius 2 is 2.00 bits per heavy atom. The number of benzene rings is 2. The van der Waals surface area contributed by atoms with Crippen molar-refractivity contribution in [2.24, 2.45) is 5.73 Å². The molecule has 116 valence electrons. The van der Waals surface area contributed by atoms with Crippen LogP contribution < -0.4 is 15.8 Å². The summed E-state index contributed by atoms with van der Waals surface area (Å²) in [6, 6.07) is 14.5. The van der Waals surface area contributed by atoms with Crippen molar-refractivity contribution in [1.82, 2.24) is 0 Å². The van der Waals surface area contributed by atoms with Gasteiger partial charge in [-0.25, -0.2) is 0 Å². The van der Waals surface area contributed by atoms with Crippen LogP contribution in [0, 0.1) is 0 Å². The summed E-state index contributed by atoms with van der Waals surface area (Å²) in [7, 11) is 0. The first-order valence-electron chi connectivity index (χ1n) is 6.79. The van der Waals surface area contributed by atoms with E-state index in [2.05, 4.69) is 5.32 Å². The van der Waals surface area contributed by atoms with Crippen LogP contribution in [0.3, 0.4) is 0 Å². The zero-order chi connectivity index (χ0) is 15.8. The Bertz CT molecular complexity index is 623. The van der Waals surface area contributed by atoms with E-state index in [1.54, 1.807) is 18.2 Å². The number of thioether (sulfide) groups is 1. The lowest BCUT2D eigenvalue weighted by atomic mass is 10.3. The van der Waals surface area contributed by atoms with Crippen molar-refractivity contribution in [2.75, 3.05) is 23.4 Å². The second kappa shape index (κ2) is 8.68. The number of para-hydroxylation sites is 1. The van der Waals surface area contributed by atoms with Gasteiger partial charge in [0, 0.05) is 17.3 Å². The fraction of sp³-hybridized carbons (Fsp3) is 0.188. The molecule has 0 aliphatic heterocycles. The second-order valence-corrected chi connectivity index (χ2v) is 5.99. The molecule has 0 aromatic heterocycles. The van der Waals surface area contributed by atoms with Crippen LogP contribution in [-0.2, 0) is 4.79 Å². The Morgan fingerprint density at radius 3 is 2.73 bits per heavy atom. The summed E-state index contributed by atoms with van der Waals surface area (Å²) in [5.41, 5.74) is 5.96. The van der Waals surface area contributed by atoms with Crippen molar-refractivity contribution >= 4 is 35.0 Å². The normalized spacial score (nSPS) is 10.3. The fourth-order valence-electron chi connectivity index (χ4n) is 1.74. The van der Waals surface area contributed by atoms with E-state index in [0.717, 1.165) is 5.75 Å². The molecule has 1 amide bonds. The number of carbonyl (C=O) groups excluding carboxylic acids is 1. The van der Waals surface area contributed by atoms with Crippen LogP contribution in [0.4, 0.5) is 5.69 Å². The number of halogens is 1. The number of anilines is 1. The topological polar surface area (TPSA) is 64.4 Å². The minimum atomic E-state index is -0.112. The summed E-state index contributed by atoms with van der Waals surface area (Å²) in [6.45, 7) is 0.553. The lowest BCUT2D eigenvalue weighted by molar-refractivity contribution is -0.113. The van der Waals surface area contributed by atoms with Gasteiger partial charge in [0.15, 0.2) is 5.75 Å². The van der Waals surface area contributed by atoms with Crippen LogP contribution in [0.5, 0.6) is 11.5 Å². The van der Waals surface area contributed by atoms with Crippen LogP contribution >= 0.6 is 23.4 Å². The molecule has 0 radical (unpaired) electrons. The average molecular weight is 337 g/mol. The van der Waals surface area contributed by atoms with E-state index >= 15 is 0 Å². The largest absolute Gasteiger partial charge is 0.455 e. The van der Waals surface area contributed by atoms with Crippen molar-refractivity contribution in [3.63, 3.8) is 0 Å². The summed E-state index contributed by atoms with van der Waals surface area (Å²) in [5.74, 6) is 2.22. The molecule has 0 saturated heterocycles. The Morgan fingerprint density at radius 1 is 1.23 bits per heavy atom. The van der Waals surface area contributed by atoms with E-state index in [1.165, 1.54) is 11.8 Å². The highest BCUT2D eigenvalue weighted by Gasteiger charge is 2.10. The minimum Gasteiger partial charge on any atom is -0.455 e. The van der Waals surface area contributed by atoms with E-state index in [4.69, 9.17) is 22.1 Å². The standard InChI is InChI=1S/C16H17ClN2O2S/c17-12-6-7-15(21-13-4-2-1-3-5-13)14(10-12)19-16(20)11-22-9-8-18/h1-7,10H,8-9,11,18H2,(H,19,20). The van der Waals surface area contributed by atoms with E-state index in [0.29, 0.717) is 34.5 Å². The van der Waals surface area contributed by atoms with Crippen molar-refractivity contribution in [3.05, 3.63) is 53.6 Å². The third-order valence-corrected chi connectivity index (χ3v) is 3.91. The number of hydrogen-bond acceptors (Lipinski definition) is 4. The highest BCUT2D eigenvalue weighted by molar-refractivity contribution is 7.99. The smallest absolute Gasteiger partial charge is 0.234 e. The van der Waals surface area contributed by atoms with Crippen molar-refractivity contribution in [3.8, 4) is 11.5 Å². The quantitative estimate of drug-likeness (QED) is 0.755. The average Bonchev–Trinajstić information content (AvgIpc) is 2.51. The zero-order valence-corrected chi connectivity index (χ0v) is 13.5. The maximum Gasteiger partial charge on any atom is 0.234 e. The molecule has 0 atom stereocenters. The van der Waals surface area contributed by atoms with Crippen molar-refractivity contribution < 1.29 is 9.53 Å². The number of hydrogen-bond donors (Lipinski definition) is 2. The third-order valence-electron chi connectivity index (χ3n) is 2.68. The first-order chi connectivity index (χ1) is 10.7. The number of nitrogens with one attached hydrogen (secondary N) is 1. The molecule has 22 heavy (non-hydrogen) atoms. The van der Waals surface area contributed by atoms with Gasteiger partial charge in [0.25, 0.3) is 0 Å². The SMILES string of the molecule is NCCSCC(=O)Nc1cc(Cl)ccc1Oc1ccccc1. The van der Waals surface area contributed by atoms with Crippen molar-refractivity contribution in [2.45, 2.75) is 0 Å². The lowest BCUT2D eigenvalue weighted by Crippen LogP contribution is -2.16. The Labute approximate surface area is 139 Å². The molecule has 0 saturated carbocycles. The number of ether oxygens (including phenoxy) is 1. The van der Waals surface area contributed by atoms with Crippen LogP contribution in [0.1, 0.15) is 0 Å². The fourth-order valence-corrected chi connectivity index (χ4v) is 2.48. The molecule has 0 aliphatic rings. The minimum absolute atomic E-state index is 0.112. The van der Waals surface area contributed by atoms with E-state index < -0.39 is 0 Å². The van der Waals surface area contributed by atoms with Gasteiger partial charge in [-0.1, -0.05) is 29.8 Å². The van der Waals surface area contributed by atoms with Gasteiger partial charge < -0.3 is 15.8 Å². The Kier molecular flexibility index (Phi) is 6.58. The third kappa shape index (κ3) is 5.26. The zero-order valence-electron chi connectivity index (χ0n) is 11.9. The number of carbonyl (C=O) groups is 1. The second-order valence-electron chi connectivity index (χ2n) is 4.45. The van der Waals surface area contributed by atoms with Gasteiger partial charge >= 0.3 is 0 Å². The van der Waals surface area contributed by atoms with Gasteiger partial charge in [0.1, 0.15) is 5.75 Å². The van der Waals surface area contributed by atoms with Gasteiger partial charge in [-0.3, -0.25) is 4.79 Å². The van der Waals surface area contributed by atoms with E-state index in [-0.39, 0.29) is 5.91 Å². The van der Waals surface area contributed by atoms with Gasteiger partial charge in [0.05, 0.1) is 11.4 Å². The molecule has 4 nitrogen and oxygen atoms in total. The van der Waals surface area contributed by atoms with E-state index in [9.17, 15) is 4.79 Å². The summed E-state index contributed by atoms with van der Waals surface area (Å²) in [4.78, 5) is 11.9. The number of rotatable bonds is 7. The Balaban J connectivity index is 2.09. The van der Waals surface area contributed by atoms with Gasteiger partial charge in [-0.05, 0) is 30.3 Å². The molecule has 2 rings (SSSR count). The van der Waals surface area contributed by atoms with Gasteiger partial charge in [-0.15, -0.1) is 0 Å².